The molecular weight excluding hydrogens is 240 g/mol. The lowest BCUT2D eigenvalue weighted by atomic mass is 10.0. The summed E-state index contributed by atoms with van der Waals surface area (Å²) < 4.78 is 5.25. The van der Waals surface area contributed by atoms with Gasteiger partial charge in [-0.25, -0.2) is 4.79 Å². The smallest absolute Gasteiger partial charge is 0.331 e. The summed E-state index contributed by atoms with van der Waals surface area (Å²) in [7, 11) is 1.55. The third kappa shape index (κ3) is 2.80. The first-order chi connectivity index (χ1) is 7.88. The number of ether oxygens (including phenoxy) is 1. The second-order valence-corrected chi connectivity index (χ2v) is 4.26. The molecule has 0 bridgehead atoms. The Morgan fingerprint density at radius 1 is 1.47 bits per heavy atom. The Bertz CT molecular complexity index is 490. The summed E-state index contributed by atoms with van der Waals surface area (Å²) in [4.78, 5) is 10.8. The molecular formula is C13H15ClO3. The fraction of sp³-hybridized carbons (Fsp3) is 0.308. The van der Waals surface area contributed by atoms with Crippen molar-refractivity contribution in [3.8, 4) is 5.75 Å². The molecule has 4 heteroatoms. The summed E-state index contributed by atoms with van der Waals surface area (Å²) in [6, 6.07) is 1.80. The summed E-state index contributed by atoms with van der Waals surface area (Å²) in [6.45, 7) is 5.27. The molecule has 0 heterocycles. The molecule has 1 N–H and O–H groups in total. The summed E-state index contributed by atoms with van der Waals surface area (Å²) in [5.74, 6) is -0.326. The van der Waals surface area contributed by atoms with Crippen LogP contribution in [0, 0.1) is 13.8 Å². The number of methoxy groups -OCH3 is 1. The number of halogens is 1. The Morgan fingerprint density at radius 3 is 2.53 bits per heavy atom. The lowest BCUT2D eigenvalue weighted by molar-refractivity contribution is -0.132. The van der Waals surface area contributed by atoms with E-state index < -0.39 is 5.97 Å². The molecule has 0 radical (unpaired) electrons. The molecule has 0 fully saturated rings. The van der Waals surface area contributed by atoms with E-state index in [1.165, 1.54) is 6.92 Å². The first-order valence-electron chi connectivity index (χ1n) is 5.13. The molecule has 0 spiro atoms. The number of carboxylic acid groups (broad SMARTS) is 1. The summed E-state index contributed by atoms with van der Waals surface area (Å²) in [6.07, 6.45) is 1.57. The van der Waals surface area contributed by atoms with Crippen molar-refractivity contribution in [2.24, 2.45) is 0 Å². The van der Waals surface area contributed by atoms with Crippen LogP contribution in [0.1, 0.15) is 23.6 Å². The molecule has 0 atom stereocenters. The monoisotopic (exact) mass is 254 g/mol. The van der Waals surface area contributed by atoms with Crippen molar-refractivity contribution in [3.63, 3.8) is 0 Å². The summed E-state index contributed by atoms with van der Waals surface area (Å²) >= 11 is 6.14. The van der Waals surface area contributed by atoms with Crippen LogP contribution in [0.15, 0.2) is 11.6 Å². The van der Waals surface area contributed by atoms with E-state index in [0.717, 1.165) is 11.1 Å². The van der Waals surface area contributed by atoms with Gasteiger partial charge >= 0.3 is 5.97 Å². The average Bonchev–Trinajstić information content (AvgIpc) is 2.29. The first-order valence-corrected chi connectivity index (χ1v) is 5.51. The van der Waals surface area contributed by atoms with Gasteiger partial charge < -0.3 is 9.84 Å². The molecule has 0 aliphatic carbocycles. The molecule has 0 saturated carbocycles. The quantitative estimate of drug-likeness (QED) is 0.841. The van der Waals surface area contributed by atoms with E-state index >= 15 is 0 Å². The Kier molecular flexibility index (Phi) is 4.18. The van der Waals surface area contributed by atoms with Gasteiger partial charge in [0.15, 0.2) is 0 Å². The predicted molar refractivity (Wildman–Crippen MR) is 68.8 cm³/mol. The van der Waals surface area contributed by atoms with E-state index in [4.69, 9.17) is 21.4 Å². The Morgan fingerprint density at radius 2 is 2.06 bits per heavy atom. The maximum Gasteiger partial charge on any atom is 0.331 e. The molecule has 0 saturated heterocycles. The zero-order valence-electron chi connectivity index (χ0n) is 10.3. The van der Waals surface area contributed by atoms with Crippen LogP contribution in [0.3, 0.4) is 0 Å². The van der Waals surface area contributed by atoms with Crippen LogP contribution in [0.25, 0.3) is 6.08 Å². The molecule has 1 aromatic rings. The van der Waals surface area contributed by atoms with E-state index in [2.05, 4.69) is 0 Å². The standard InChI is InChI=1S/C13H15ClO3/c1-7-6-11(17-4)10(9(3)12(7)14)5-8(2)13(15)16/h5-6H,1-4H3,(H,15,16)/b8-5+. The van der Waals surface area contributed by atoms with Gasteiger partial charge in [-0.1, -0.05) is 11.6 Å². The minimum Gasteiger partial charge on any atom is -0.496 e. The molecule has 17 heavy (non-hydrogen) atoms. The van der Waals surface area contributed by atoms with Crippen molar-refractivity contribution in [1.29, 1.82) is 0 Å². The van der Waals surface area contributed by atoms with Gasteiger partial charge in [0.1, 0.15) is 5.75 Å². The normalized spacial score (nSPS) is 11.5. The summed E-state index contributed by atoms with van der Waals surface area (Å²) in [5.41, 5.74) is 2.68. The van der Waals surface area contributed by atoms with Gasteiger partial charge in [0.05, 0.1) is 7.11 Å². The maximum atomic E-state index is 10.8. The number of rotatable bonds is 3. The third-order valence-electron chi connectivity index (χ3n) is 2.61. The van der Waals surface area contributed by atoms with Gasteiger partial charge in [-0.05, 0) is 44.0 Å². The lowest BCUT2D eigenvalue weighted by Crippen LogP contribution is -1.98. The van der Waals surface area contributed by atoms with Crippen LogP contribution >= 0.6 is 11.6 Å². The molecule has 0 unspecified atom stereocenters. The zero-order valence-corrected chi connectivity index (χ0v) is 11.1. The van der Waals surface area contributed by atoms with Gasteiger partial charge in [-0.15, -0.1) is 0 Å². The zero-order chi connectivity index (χ0) is 13.2. The van der Waals surface area contributed by atoms with E-state index in [1.807, 2.05) is 13.8 Å². The summed E-state index contributed by atoms with van der Waals surface area (Å²) in [5, 5.41) is 9.51. The molecule has 0 aromatic heterocycles. The van der Waals surface area contributed by atoms with Crippen molar-refractivity contribution < 1.29 is 14.6 Å². The van der Waals surface area contributed by atoms with Crippen molar-refractivity contribution in [1.82, 2.24) is 0 Å². The number of hydrogen-bond donors (Lipinski definition) is 1. The predicted octanol–water partition coefficient (Wildman–Crippen LogP) is 3.45. The van der Waals surface area contributed by atoms with E-state index in [1.54, 1.807) is 19.3 Å². The maximum absolute atomic E-state index is 10.8. The second kappa shape index (κ2) is 5.23. The molecule has 92 valence electrons. The van der Waals surface area contributed by atoms with Crippen molar-refractivity contribution in [2.45, 2.75) is 20.8 Å². The second-order valence-electron chi connectivity index (χ2n) is 3.88. The van der Waals surface area contributed by atoms with Crippen molar-refractivity contribution in [2.75, 3.05) is 7.11 Å². The topological polar surface area (TPSA) is 46.5 Å². The van der Waals surface area contributed by atoms with E-state index in [0.29, 0.717) is 16.3 Å². The van der Waals surface area contributed by atoms with Crippen LogP contribution < -0.4 is 4.74 Å². The molecule has 0 aliphatic rings. The molecule has 1 aromatic carbocycles. The average molecular weight is 255 g/mol. The highest BCUT2D eigenvalue weighted by molar-refractivity contribution is 6.32. The first kappa shape index (κ1) is 13.6. The number of hydrogen-bond acceptors (Lipinski definition) is 2. The Hall–Kier alpha value is -1.48. The molecule has 1 rings (SSSR count). The Labute approximate surface area is 106 Å². The van der Waals surface area contributed by atoms with Crippen LogP contribution in [-0.4, -0.2) is 18.2 Å². The minimum absolute atomic E-state index is 0.242. The van der Waals surface area contributed by atoms with Gasteiger partial charge in [0.2, 0.25) is 0 Å². The molecule has 3 nitrogen and oxygen atoms in total. The largest absolute Gasteiger partial charge is 0.496 e. The minimum atomic E-state index is -0.955. The fourth-order valence-electron chi connectivity index (χ4n) is 1.56. The fourth-order valence-corrected chi connectivity index (χ4v) is 1.72. The van der Waals surface area contributed by atoms with Gasteiger partial charge in [0.25, 0.3) is 0 Å². The van der Waals surface area contributed by atoms with E-state index in [-0.39, 0.29) is 5.57 Å². The highest BCUT2D eigenvalue weighted by Crippen LogP contribution is 2.33. The van der Waals surface area contributed by atoms with Gasteiger partial charge in [-0.2, -0.15) is 0 Å². The SMILES string of the molecule is COc1cc(C)c(Cl)c(C)c1/C=C(\C)C(=O)O. The van der Waals surface area contributed by atoms with Crippen LogP contribution in [-0.2, 0) is 4.79 Å². The molecule has 0 amide bonds. The number of carbonyl (C=O) groups is 1. The third-order valence-corrected chi connectivity index (χ3v) is 3.19. The van der Waals surface area contributed by atoms with Crippen LogP contribution in [0.2, 0.25) is 5.02 Å². The van der Waals surface area contributed by atoms with Crippen molar-refractivity contribution in [3.05, 3.63) is 33.4 Å². The molecule has 0 aliphatic heterocycles. The highest BCUT2D eigenvalue weighted by atomic mass is 35.5. The van der Waals surface area contributed by atoms with Crippen molar-refractivity contribution >= 4 is 23.6 Å². The van der Waals surface area contributed by atoms with Gasteiger partial charge in [0, 0.05) is 16.2 Å². The number of aryl methyl sites for hydroxylation is 1. The van der Waals surface area contributed by atoms with E-state index in [9.17, 15) is 4.79 Å². The van der Waals surface area contributed by atoms with Gasteiger partial charge in [-0.3, -0.25) is 0 Å². The number of carboxylic acids is 1. The lowest BCUT2D eigenvalue weighted by Gasteiger charge is -2.12. The highest BCUT2D eigenvalue weighted by Gasteiger charge is 2.12. The van der Waals surface area contributed by atoms with Crippen LogP contribution in [0.5, 0.6) is 5.75 Å². The number of aliphatic carboxylic acids is 1. The number of benzene rings is 1. The van der Waals surface area contributed by atoms with Crippen LogP contribution in [0.4, 0.5) is 0 Å². The Balaban J connectivity index is 3.47.